The summed E-state index contributed by atoms with van der Waals surface area (Å²) in [5, 5.41) is 50.3. The van der Waals surface area contributed by atoms with E-state index in [0.717, 1.165) is 22.9 Å². The maximum atomic E-state index is 12.4. The molecule has 0 aliphatic rings. The molecule has 0 amide bonds. The Morgan fingerprint density at radius 3 is 1.25 bits per heavy atom. The predicted molar refractivity (Wildman–Crippen MR) is 255 cm³/mol. The maximum absolute atomic E-state index is 12.4. The maximum Gasteiger partial charge on any atom is 0.451 e. The van der Waals surface area contributed by atoms with Crippen LogP contribution >= 0.6 is 43.5 Å². The first-order chi connectivity index (χ1) is 32.2. The fraction of sp³-hybridized carbons (Fsp3) is 0.111. The Balaban J connectivity index is 0.000000168. The van der Waals surface area contributed by atoms with Crippen molar-refractivity contribution in [2.24, 2.45) is 0 Å². The first kappa shape index (κ1) is 50.6. The zero-order valence-electron chi connectivity index (χ0n) is 34.8. The lowest BCUT2D eigenvalue weighted by atomic mass is 10.2. The van der Waals surface area contributed by atoms with Gasteiger partial charge in [-0.3, -0.25) is 4.98 Å². The number of nitrogens with one attached hydrogen (secondary N) is 4. The molecule has 0 aliphatic heterocycles. The minimum absolute atomic E-state index is 0.0468. The number of aromatic hydroxyl groups is 4. The van der Waals surface area contributed by atoms with Crippen LogP contribution in [0.2, 0.25) is 5.28 Å². The number of anilines is 4. The highest BCUT2D eigenvalue weighted by Gasteiger charge is 2.34. The largest absolute Gasteiger partial charge is 0.508 e. The number of phenols is 4. The van der Waals surface area contributed by atoms with Crippen LogP contribution in [-0.2, 0) is 32.4 Å². The Hall–Kier alpha value is -7.36. The second kappa shape index (κ2) is 26.0. The molecule has 16 nitrogen and oxygen atoms in total. The molecule has 0 bridgehead atoms. The zero-order chi connectivity index (χ0) is 48.0. The van der Waals surface area contributed by atoms with Crippen molar-refractivity contribution in [3.05, 3.63) is 189 Å². The lowest BCUT2D eigenvalue weighted by Crippen LogP contribution is -2.12. The van der Waals surface area contributed by atoms with E-state index >= 15 is 0 Å². The van der Waals surface area contributed by atoms with Crippen molar-refractivity contribution in [1.29, 1.82) is 0 Å². The van der Waals surface area contributed by atoms with Gasteiger partial charge in [0.25, 0.3) is 0 Å². The molecule has 0 fully saturated rings. The van der Waals surface area contributed by atoms with E-state index in [9.17, 15) is 33.6 Å². The van der Waals surface area contributed by atoms with Crippen molar-refractivity contribution >= 4 is 66.7 Å². The van der Waals surface area contributed by atoms with Gasteiger partial charge in [-0.15, -0.1) is 0 Å². The van der Waals surface area contributed by atoms with Gasteiger partial charge in [0.1, 0.15) is 50.9 Å². The summed E-state index contributed by atoms with van der Waals surface area (Å²) in [5.41, 5.74) is 3.02. The van der Waals surface area contributed by atoms with Gasteiger partial charge in [0, 0.05) is 67.0 Å². The van der Waals surface area contributed by atoms with Crippen LogP contribution in [0.3, 0.4) is 0 Å². The molecular weight excluding hydrogens is 1020 g/mol. The summed E-state index contributed by atoms with van der Waals surface area (Å²) in [6.07, 6.45) is 2.93. The molecule has 0 saturated carbocycles. The fourth-order valence-corrected chi connectivity index (χ4v) is 6.04. The van der Waals surface area contributed by atoms with Gasteiger partial charge in [-0.2, -0.15) is 13.2 Å². The summed E-state index contributed by atoms with van der Waals surface area (Å²) in [7, 11) is 0. The second-order valence-electron chi connectivity index (χ2n) is 13.3. The standard InChI is InChI=1S/C12H10F3N3O.2C11H10BrN3O.C11H10ClN3O/c13-12(14,15)11-16-6-5-10(18-11)17-7-8-3-1-2-4-9(8)19;12-10-6-13-7-11(15-10)14-5-8-3-1-2-4-9(8)16;2*12-11-13-6-5-10(15-11)14-7-8-3-1-2-4-9(8)16/h1-6,19H,7H2,(H,16,17,18);1-4,6-7,16H,5H2,(H,14,15);2*1-6,16H,7H2,(H,13,14,15). The Bertz CT molecular complexity index is 2590. The number of halogens is 6. The van der Waals surface area contributed by atoms with Crippen molar-refractivity contribution in [3.8, 4) is 23.0 Å². The highest BCUT2D eigenvalue weighted by Crippen LogP contribution is 2.27. The van der Waals surface area contributed by atoms with Gasteiger partial charge >= 0.3 is 6.18 Å². The van der Waals surface area contributed by atoms with Gasteiger partial charge < -0.3 is 41.7 Å². The van der Waals surface area contributed by atoms with Gasteiger partial charge in [-0.25, -0.2) is 34.9 Å². The average molecular weight is 1070 g/mol. The lowest BCUT2D eigenvalue weighted by molar-refractivity contribution is -0.144. The number of alkyl halides is 3. The third kappa shape index (κ3) is 17.9. The topological polar surface area (TPSA) is 232 Å². The van der Waals surface area contributed by atoms with Crippen molar-refractivity contribution in [2.75, 3.05) is 21.3 Å². The van der Waals surface area contributed by atoms with Crippen LogP contribution in [0.5, 0.6) is 23.0 Å². The average Bonchev–Trinajstić information content (AvgIpc) is 3.31. The minimum Gasteiger partial charge on any atom is -0.508 e. The number of aromatic nitrogens is 8. The van der Waals surface area contributed by atoms with E-state index in [2.05, 4.69) is 93.0 Å². The van der Waals surface area contributed by atoms with Gasteiger partial charge in [-0.1, -0.05) is 72.8 Å². The molecule has 4 heterocycles. The van der Waals surface area contributed by atoms with Crippen LogP contribution in [0, 0.1) is 0 Å². The monoisotopic (exact) mass is 1060 g/mol. The van der Waals surface area contributed by atoms with Crippen LogP contribution in [0.25, 0.3) is 0 Å². The molecule has 0 atom stereocenters. The quantitative estimate of drug-likeness (QED) is 0.0532. The van der Waals surface area contributed by atoms with Gasteiger partial charge in [0.15, 0.2) is 4.73 Å². The molecular formula is C45H40Br2ClF3N12O4. The lowest BCUT2D eigenvalue weighted by Gasteiger charge is -2.09. The molecule has 22 heteroatoms. The number of phenolic OH excluding ortho intramolecular Hbond substituents is 4. The van der Waals surface area contributed by atoms with E-state index in [-0.39, 0.29) is 40.6 Å². The highest BCUT2D eigenvalue weighted by atomic mass is 79.9. The summed E-state index contributed by atoms with van der Waals surface area (Å²) < 4.78 is 38.4. The van der Waals surface area contributed by atoms with E-state index in [4.69, 9.17) is 11.6 Å². The fourth-order valence-electron chi connectivity index (χ4n) is 5.27. The molecule has 0 unspecified atom stereocenters. The Kier molecular flexibility index (Phi) is 19.6. The van der Waals surface area contributed by atoms with Crippen LogP contribution in [-0.4, -0.2) is 60.3 Å². The third-order valence-corrected chi connectivity index (χ3v) is 9.52. The van der Waals surface area contributed by atoms with Crippen LogP contribution in [0.4, 0.5) is 36.4 Å². The number of hydrogen-bond donors (Lipinski definition) is 8. The summed E-state index contributed by atoms with van der Waals surface area (Å²) >= 11 is 12.1. The molecule has 8 aromatic rings. The first-order valence-electron chi connectivity index (χ1n) is 19.6. The van der Waals surface area contributed by atoms with E-state index < -0.39 is 12.0 Å². The Morgan fingerprint density at radius 2 is 0.851 bits per heavy atom. The van der Waals surface area contributed by atoms with Gasteiger partial charge in [0.05, 0.1) is 12.4 Å². The van der Waals surface area contributed by atoms with Gasteiger partial charge in [0.2, 0.25) is 11.1 Å². The molecule has 0 radical (unpaired) electrons. The summed E-state index contributed by atoms with van der Waals surface area (Å²) in [6.45, 7) is 1.69. The van der Waals surface area contributed by atoms with Crippen LogP contribution in [0.1, 0.15) is 28.1 Å². The number of nitrogens with zero attached hydrogens (tertiary/aromatic N) is 8. The second-order valence-corrected chi connectivity index (χ2v) is 15.2. The van der Waals surface area contributed by atoms with Crippen molar-refractivity contribution in [1.82, 2.24) is 39.9 Å². The molecule has 4 aromatic carbocycles. The number of para-hydroxylation sites is 4. The first-order valence-corrected chi connectivity index (χ1v) is 21.6. The molecule has 67 heavy (non-hydrogen) atoms. The number of benzene rings is 4. The summed E-state index contributed by atoms with van der Waals surface area (Å²) in [5.74, 6) is 1.74. The minimum atomic E-state index is -4.58. The molecule has 346 valence electrons. The van der Waals surface area contributed by atoms with E-state index in [0.29, 0.717) is 52.0 Å². The number of hydrogen-bond acceptors (Lipinski definition) is 16. The van der Waals surface area contributed by atoms with E-state index in [1.165, 1.54) is 12.1 Å². The van der Waals surface area contributed by atoms with Crippen LogP contribution < -0.4 is 21.3 Å². The SMILES string of the molecule is Oc1ccccc1CNc1ccnc(Br)n1.Oc1ccccc1CNc1ccnc(C(F)(F)F)n1.Oc1ccccc1CNc1ccnc(Cl)n1.Oc1ccccc1CNc1cncc(Br)n1. The zero-order valence-corrected chi connectivity index (χ0v) is 38.7. The van der Waals surface area contributed by atoms with Gasteiger partial charge in [-0.05, 0) is 85.9 Å². The third-order valence-electron chi connectivity index (χ3n) is 8.57. The van der Waals surface area contributed by atoms with Crippen molar-refractivity contribution in [2.45, 2.75) is 32.4 Å². The van der Waals surface area contributed by atoms with Crippen LogP contribution in [0.15, 0.2) is 156 Å². The Morgan fingerprint density at radius 1 is 0.463 bits per heavy atom. The van der Waals surface area contributed by atoms with Crippen molar-refractivity contribution in [3.63, 3.8) is 0 Å². The smallest absolute Gasteiger partial charge is 0.451 e. The Labute approximate surface area is 403 Å². The molecule has 4 aromatic heterocycles. The van der Waals surface area contributed by atoms with Crippen molar-refractivity contribution < 1.29 is 33.6 Å². The molecule has 8 N–H and O–H groups in total. The highest BCUT2D eigenvalue weighted by molar-refractivity contribution is 9.10. The molecule has 0 saturated heterocycles. The summed E-state index contributed by atoms with van der Waals surface area (Å²) in [4.78, 5) is 30.5. The van der Waals surface area contributed by atoms with E-state index in [1.54, 1.807) is 91.5 Å². The normalized spacial score (nSPS) is 10.4. The predicted octanol–water partition coefficient (Wildman–Crippen LogP) is 10.4. The molecule has 0 spiro atoms. The summed E-state index contributed by atoms with van der Waals surface area (Å²) in [6, 6.07) is 32.8. The van der Waals surface area contributed by atoms with E-state index in [1.807, 2.05) is 36.4 Å². The molecule has 0 aliphatic carbocycles. The molecule has 8 rings (SSSR count). The number of rotatable bonds is 12.